The van der Waals surface area contributed by atoms with Crippen LogP contribution in [0, 0.1) is 0 Å². The third kappa shape index (κ3) is 5.21. The molecule has 0 radical (unpaired) electrons. The van der Waals surface area contributed by atoms with E-state index >= 15 is 0 Å². The van der Waals surface area contributed by atoms with Gasteiger partial charge in [0.1, 0.15) is 0 Å². The molecule has 1 saturated heterocycles. The molecule has 0 spiro atoms. The summed E-state index contributed by atoms with van der Waals surface area (Å²) < 4.78 is 0.964. The SMILES string of the molecule is CCN1CCN(c2ccc(NC(=O)c3ccc(Br)cc3)cc2)CC1.Cl. The van der Waals surface area contributed by atoms with E-state index in [4.69, 9.17) is 0 Å². The zero-order valence-electron chi connectivity index (χ0n) is 14.2. The monoisotopic (exact) mass is 423 g/mol. The summed E-state index contributed by atoms with van der Waals surface area (Å²) in [6.07, 6.45) is 0. The molecule has 0 unspecified atom stereocenters. The van der Waals surface area contributed by atoms with Crippen LogP contribution in [0.5, 0.6) is 0 Å². The zero-order chi connectivity index (χ0) is 16.9. The van der Waals surface area contributed by atoms with Gasteiger partial charge in [0.15, 0.2) is 0 Å². The van der Waals surface area contributed by atoms with Gasteiger partial charge < -0.3 is 15.1 Å². The van der Waals surface area contributed by atoms with Gasteiger partial charge in [-0.2, -0.15) is 0 Å². The molecule has 0 aromatic heterocycles. The van der Waals surface area contributed by atoms with Crippen LogP contribution >= 0.6 is 28.3 Å². The highest BCUT2D eigenvalue weighted by molar-refractivity contribution is 9.10. The molecule has 1 N–H and O–H groups in total. The van der Waals surface area contributed by atoms with Gasteiger partial charge in [-0.1, -0.05) is 22.9 Å². The van der Waals surface area contributed by atoms with Crippen molar-refractivity contribution in [3.8, 4) is 0 Å². The Hall–Kier alpha value is -1.56. The Morgan fingerprint density at radius 3 is 2.16 bits per heavy atom. The minimum absolute atomic E-state index is 0. The first-order valence-corrected chi connectivity index (χ1v) is 9.09. The standard InChI is InChI=1S/C19H22BrN3O.ClH/c1-2-22-11-13-23(14-12-22)18-9-7-17(8-10-18)21-19(24)15-3-5-16(20)6-4-15;/h3-10H,2,11-14H2,1H3,(H,21,24);1H. The summed E-state index contributed by atoms with van der Waals surface area (Å²) in [7, 11) is 0. The molecular formula is C19H23BrClN3O. The lowest BCUT2D eigenvalue weighted by molar-refractivity contribution is 0.102. The van der Waals surface area contributed by atoms with Crippen molar-refractivity contribution in [1.82, 2.24) is 4.90 Å². The van der Waals surface area contributed by atoms with Crippen LogP contribution in [0.1, 0.15) is 17.3 Å². The number of carbonyl (C=O) groups is 1. The van der Waals surface area contributed by atoms with E-state index in [1.165, 1.54) is 5.69 Å². The maximum Gasteiger partial charge on any atom is 0.255 e. The number of likely N-dealkylation sites (N-methyl/N-ethyl adjacent to an activating group) is 1. The van der Waals surface area contributed by atoms with Gasteiger partial charge in [-0.05, 0) is 55.1 Å². The summed E-state index contributed by atoms with van der Waals surface area (Å²) in [5.41, 5.74) is 2.68. The maximum absolute atomic E-state index is 12.2. The Labute approximate surface area is 163 Å². The highest BCUT2D eigenvalue weighted by atomic mass is 79.9. The van der Waals surface area contributed by atoms with Crippen LogP contribution < -0.4 is 10.2 Å². The molecule has 0 aliphatic carbocycles. The molecule has 0 atom stereocenters. The van der Waals surface area contributed by atoms with Crippen molar-refractivity contribution in [2.45, 2.75) is 6.92 Å². The van der Waals surface area contributed by atoms with E-state index in [1.54, 1.807) is 12.1 Å². The molecule has 2 aromatic carbocycles. The van der Waals surface area contributed by atoms with E-state index in [1.807, 2.05) is 24.3 Å². The Kier molecular flexibility index (Phi) is 7.29. The molecular weight excluding hydrogens is 402 g/mol. The molecule has 3 rings (SSSR count). The molecule has 1 aliphatic heterocycles. The lowest BCUT2D eigenvalue weighted by Crippen LogP contribution is -2.46. The number of carbonyl (C=O) groups excluding carboxylic acids is 1. The van der Waals surface area contributed by atoms with E-state index < -0.39 is 0 Å². The number of amides is 1. The smallest absolute Gasteiger partial charge is 0.255 e. The number of halogens is 2. The van der Waals surface area contributed by atoms with Crippen LogP contribution in [-0.2, 0) is 0 Å². The molecule has 1 fully saturated rings. The highest BCUT2D eigenvalue weighted by Gasteiger charge is 2.15. The summed E-state index contributed by atoms with van der Waals surface area (Å²) in [6, 6.07) is 15.5. The number of benzene rings is 2. The number of nitrogens with one attached hydrogen (secondary N) is 1. The Bertz CT molecular complexity index is 683. The third-order valence-electron chi connectivity index (χ3n) is 4.42. The summed E-state index contributed by atoms with van der Waals surface area (Å²) in [4.78, 5) is 17.1. The van der Waals surface area contributed by atoms with Crippen molar-refractivity contribution in [3.63, 3.8) is 0 Å². The molecule has 4 nitrogen and oxygen atoms in total. The fourth-order valence-electron chi connectivity index (χ4n) is 2.88. The van der Waals surface area contributed by atoms with Gasteiger partial charge in [0.25, 0.3) is 5.91 Å². The Balaban J connectivity index is 0.00000225. The van der Waals surface area contributed by atoms with E-state index in [9.17, 15) is 4.79 Å². The van der Waals surface area contributed by atoms with Gasteiger partial charge in [-0.15, -0.1) is 12.4 Å². The average molecular weight is 425 g/mol. The number of hydrogen-bond acceptors (Lipinski definition) is 3. The molecule has 25 heavy (non-hydrogen) atoms. The summed E-state index contributed by atoms with van der Waals surface area (Å²) >= 11 is 3.38. The average Bonchev–Trinajstić information content (AvgIpc) is 2.63. The Morgan fingerprint density at radius 2 is 1.60 bits per heavy atom. The van der Waals surface area contributed by atoms with Crippen LogP contribution in [0.2, 0.25) is 0 Å². The fraction of sp³-hybridized carbons (Fsp3) is 0.316. The van der Waals surface area contributed by atoms with Crippen molar-refractivity contribution < 1.29 is 4.79 Å². The first-order chi connectivity index (χ1) is 11.7. The molecule has 6 heteroatoms. The highest BCUT2D eigenvalue weighted by Crippen LogP contribution is 2.20. The largest absolute Gasteiger partial charge is 0.369 e. The van der Waals surface area contributed by atoms with Crippen molar-refractivity contribution in [3.05, 3.63) is 58.6 Å². The predicted octanol–water partition coefficient (Wildman–Crippen LogP) is 4.27. The second-order valence-corrected chi connectivity index (χ2v) is 6.84. The van der Waals surface area contributed by atoms with Crippen molar-refractivity contribution in [2.24, 2.45) is 0 Å². The van der Waals surface area contributed by atoms with Gasteiger partial charge in [0.05, 0.1) is 0 Å². The number of hydrogen-bond donors (Lipinski definition) is 1. The van der Waals surface area contributed by atoms with Crippen LogP contribution in [-0.4, -0.2) is 43.5 Å². The van der Waals surface area contributed by atoms with E-state index in [2.05, 4.69) is 50.1 Å². The van der Waals surface area contributed by atoms with Crippen LogP contribution in [0.4, 0.5) is 11.4 Å². The molecule has 0 bridgehead atoms. The van der Waals surface area contributed by atoms with Crippen LogP contribution in [0.3, 0.4) is 0 Å². The van der Waals surface area contributed by atoms with Gasteiger partial charge in [-0.25, -0.2) is 0 Å². The fourth-order valence-corrected chi connectivity index (χ4v) is 3.15. The van der Waals surface area contributed by atoms with Crippen LogP contribution in [0.25, 0.3) is 0 Å². The molecule has 1 amide bonds. The quantitative estimate of drug-likeness (QED) is 0.796. The van der Waals surface area contributed by atoms with E-state index in [0.717, 1.165) is 42.9 Å². The minimum Gasteiger partial charge on any atom is -0.369 e. The first kappa shape index (κ1) is 19.8. The third-order valence-corrected chi connectivity index (χ3v) is 4.94. The molecule has 0 saturated carbocycles. The molecule has 2 aromatic rings. The number of rotatable bonds is 4. The van der Waals surface area contributed by atoms with Crippen molar-refractivity contribution in [2.75, 3.05) is 42.9 Å². The number of nitrogens with zero attached hydrogens (tertiary/aromatic N) is 2. The molecule has 1 heterocycles. The topological polar surface area (TPSA) is 35.6 Å². The molecule has 134 valence electrons. The maximum atomic E-state index is 12.2. The van der Waals surface area contributed by atoms with Crippen molar-refractivity contribution in [1.29, 1.82) is 0 Å². The lowest BCUT2D eigenvalue weighted by Gasteiger charge is -2.35. The van der Waals surface area contributed by atoms with Gasteiger partial charge in [0, 0.05) is 47.6 Å². The van der Waals surface area contributed by atoms with Gasteiger partial charge >= 0.3 is 0 Å². The lowest BCUT2D eigenvalue weighted by atomic mass is 10.2. The van der Waals surface area contributed by atoms with Gasteiger partial charge in [0.2, 0.25) is 0 Å². The van der Waals surface area contributed by atoms with E-state index in [-0.39, 0.29) is 18.3 Å². The summed E-state index contributed by atoms with van der Waals surface area (Å²) in [6.45, 7) is 7.65. The minimum atomic E-state index is -0.0909. The summed E-state index contributed by atoms with van der Waals surface area (Å²) in [5, 5.41) is 2.94. The normalized spacial score (nSPS) is 14.7. The predicted molar refractivity (Wildman–Crippen MR) is 110 cm³/mol. The second kappa shape index (κ2) is 9.22. The van der Waals surface area contributed by atoms with Gasteiger partial charge in [-0.3, -0.25) is 4.79 Å². The van der Waals surface area contributed by atoms with E-state index in [0.29, 0.717) is 5.56 Å². The van der Waals surface area contributed by atoms with Crippen molar-refractivity contribution >= 4 is 45.6 Å². The number of piperazine rings is 1. The molecule has 1 aliphatic rings. The Morgan fingerprint density at radius 1 is 1.00 bits per heavy atom. The second-order valence-electron chi connectivity index (χ2n) is 5.93. The zero-order valence-corrected chi connectivity index (χ0v) is 16.6. The van der Waals surface area contributed by atoms with Crippen LogP contribution in [0.15, 0.2) is 53.0 Å². The number of anilines is 2. The first-order valence-electron chi connectivity index (χ1n) is 8.30. The summed E-state index contributed by atoms with van der Waals surface area (Å²) in [5.74, 6) is -0.0909.